The van der Waals surface area contributed by atoms with Gasteiger partial charge in [-0.05, 0) is 47.8 Å². The van der Waals surface area contributed by atoms with Crippen molar-refractivity contribution in [3.05, 3.63) is 0 Å². The van der Waals surface area contributed by atoms with Gasteiger partial charge in [0, 0.05) is 0 Å². The Kier molecular flexibility index (Phi) is 30.6. The predicted molar refractivity (Wildman–Crippen MR) is 217 cm³/mol. The normalized spacial score (nSPS) is 29.9. The summed E-state index contributed by atoms with van der Waals surface area (Å²) in [7, 11) is 0. The molecule has 0 nitrogen and oxygen atoms in total. The third-order valence-electron chi connectivity index (χ3n) is 13.1. The molecule has 5 rings (SSSR count). The van der Waals surface area contributed by atoms with Crippen LogP contribution < -0.4 is 0 Å². The first-order valence-electron chi connectivity index (χ1n) is 23.1. The Morgan fingerprint density at radius 3 is 0.723 bits per heavy atom. The maximum absolute atomic E-state index is 2.49. The van der Waals surface area contributed by atoms with Crippen molar-refractivity contribution in [2.75, 3.05) is 0 Å². The Balaban J connectivity index is 0.000000410. The average Bonchev–Trinajstić information content (AvgIpc) is 3.02. The molecule has 0 spiro atoms. The molecule has 0 saturated heterocycles. The average molecular weight is 659 g/mol. The van der Waals surface area contributed by atoms with E-state index in [-0.39, 0.29) is 0 Å². The Morgan fingerprint density at radius 1 is 0.213 bits per heavy atom. The van der Waals surface area contributed by atoms with Gasteiger partial charge < -0.3 is 0 Å². The standard InChI is InChI=1S/C25H46.2C9H18.2C2H6/c1-21-12-10-18-23(19-11-13-21)25-17-9-5-8-16-24(20-25)22-14-6-3-2-4-7-15-22;2*1-9-7-5-3-2-4-6-8-9;2*1-2/h21-25H,2-20H2,1H3;2*9H,2-8H2,1H3;2*1-2H3. The molecule has 5 fully saturated rings. The second-order valence-electron chi connectivity index (χ2n) is 17.1. The van der Waals surface area contributed by atoms with Crippen molar-refractivity contribution >= 4 is 0 Å². The van der Waals surface area contributed by atoms with Crippen molar-refractivity contribution in [3.63, 3.8) is 0 Å². The Morgan fingerprint density at radius 2 is 0.404 bits per heavy atom. The summed E-state index contributed by atoms with van der Waals surface area (Å²) in [6.45, 7) is 15.3. The van der Waals surface area contributed by atoms with Crippen molar-refractivity contribution in [2.24, 2.45) is 41.4 Å². The summed E-state index contributed by atoms with van der Waals surface area (Å²) in [5.41, 5.74) is 0. The summed E-state index contributed by atoms with van der Waals surface area (Å²) in [5, 5.41) is 0. The van der Waals surface area contributed by atoms with E-state index in [0.29, 0.717) is 0 Å². The van der Waals surface area contributed by atoms with Gasteiger partial charge in [-0.1, -0.05) is 254 Å². The second-order valence-corrected chi connectivity index (χ2v) is 17.1. The molecule has 0 radical (unpaired) electrons. The van der Waals surface area contributed by atoms with Crippen LogP contribution in [0, 0.1) is 41.4 Å². The lowest BCUT2D eigenvalue weighted by Crippen LogP contribution is -2.26. The lowest BCUT2D eigenvalue weighted by Gasteiger charge is -2.37. The Bertz CT molecular complexity index is 568. The molecule has 5 aliphatic rings. The van der Waals surface area contributed by atoms with Gasteiger partial charge in [0.15, 0.2) is 0 Å². The highest BCUT2D eigenvalue weighted by Crippen LogP contribution is 2.42. The zero-order valence-corrected chi connectivity index (χ0v) is 34.4. The highest BCUT2D eigenvalue weighted by molar-refractivity contribution is 4.82. The zero-order valence-electron chi connectivity index (χ0n) is 34.4. The van der Waals surface area contributed by atoms with E-state index in [9.17, 15) is 0 Å². The van der Waals surface area contributed by atoms with Crippen molar-refractivity contribution in [1.29, 1.82) is 0 Å². The first-order chi connectivity index (χ1) is 23.1. The fourth-order valence-electron chi connectivity index (χ4n) is 9.97. The molecule has 5 aliphatic carbocycles. The largest absolute Gasteiger partial charge is 0.0683 e. The molecule has 0 aliphatic heterocycles. The maximum atomic E-state index is 2.49. The summed E-state index contributed by atoms with van der Waals surface area (Å²) < 4.78 is 0. The van der Waals surface area contributed by atoms with Crippen LogP contribution in [0.3, 0.4) is 0 Å². The van der Waals surface area contributed by atoms with Gasteiger partial charge in [-0.2, -0.15) is 0 Å². The molecule has 0 N–H and O–H groups in total. The molecule has 0 bridgehead atoms. The van der Waals surface area contributed by atoms with Crippen LogP contribution in [0.15, 0.2) is 0 Å². The molecule has 5 saturated carbocycles. The molecule has 0 aromatic heterocycles. The van der Waals surface area contributed by atoms with E-state index in [1.807, 2.05) is 27.7 Å². The lowest BCUT2D eigenvalue weighted by atomic mass is 9.68. The fraction of sp³-hybridized carbons (Fsp3) is 1.00. The van der Waals surface area contributed by atoms with Gasteiger partial charge in [-0.3, -0.25) is 0 Å². The van der Waals surface area contributed by atoms with Crippen LogP contribution in [-0.2, 0) is 0 Å². The fourth-order valence-corrected chi connectivity index (χ4v) is 9.97. The van der Waals surface area contributed by atoms with E-state index in [0.717, 1.165) is 41.4 Å². The molecule has 0 aromatic rings. The van der Waals surface area contributed by atoms with Crippen LogP contribution in [0.1, 0.15) is 260 Å². The van der Waals surface area contributed by atoms with E-state index in [4.69, 9.17) is 0 Å². The molecule has 2 unspecified atom stereocenters. The minimum Gasteiger partial charge on any atom is -0.0683 e. The summed E-state index contributed by atoms with van der Waals surface area (Å²) in [6.07, 6.45) is 50.2. The van der Waals surface area contributed by atoms with E-state index < -0.39 is 0 Å². The minimum absolute atomic E-state index is 1.00. The lowest BCUT2D eigenvalue weighted by molar-refractivity contribution is 0.139. The van der Waals surface area contributed by atoms with E-state index in [2.05, 4.69) is 20.8 Å². The molecule has 0 amide bonds. The number of hydrogen-bond acceptors (Lipinski definition) is 0. The summed E-state index contributed by atoms with van der Waals surface area (Å²) in [4.78, 5) is 0. The molecule has 0 aromatic carbocycles. The predicted octanol–water partition coefficient (Wildman–Crippen LogP) is 17.3. The van der Waals surface area contributed by atoms with Crippen molar-refractivity contribution < 1.29 is 0 Å². The highest BCUT2D eigenvalue weighted by Gasteiger charge is 2.30. The van der Waals surface area contributed by atoms with Crippen LogP contribution in [-0.4, -0.2) is 0 Å². The third kappa shape index (κ3) is 23.2. The van der Waals surface area contributed by atoms with Crippen LogP contribution in [0.5, 0.6) is 0 Å². The smallest absolute Gasteiger partial charge is 0.0383 e. The quantitative estimate of drug-likeness (QED) is 0.277. The third-order valence-corrected chi connectivity index (χ3v) is 13.1. The van der Waals surface area contributed by atoms with Crippen LogP contribution in [0.2, 0.25) is 0 Å². The van der Waals surface area contributed by atoms with Gasteiger partial charge >= 0.3 is 0 Å². The van der Waals surface area contributed by atoms with Crippen LogP contribution >= 0.6 is 0 Å². The Labute approximate surface area is 301 Å². The summed E-state index contributed by atoms with van der Waals surface area (Å²) in [6, 6.07) is 0. The number of hydrogen-bond donors (Lipinski definition) is 0. The van der Waals surface area contributed by atoms with Gasteiger partial charge in [0.25, 0.3) is 0 Å². The van der Waals surface area contributed by atoms with Gasteiger partial charge in [0.2, 0.25) is 0 Å². The van der Waals surface area contributed by atoms with Crippen LogP contribution in [0.4, 0.5) is 0 Å². The summed E-state index contributed by atoms with van der Waals surface area (Å²) in [5.74, 6) is 7.39. The van der Waals surface area contributed by atoms with Crippen molar-refractivity contribution in [1.82, 2.24) is 0 Å². The molecule has 282 valence electrons. The molecule has 47 heavy (non-hydrogen) atoms. The molecule has 0 heteroatoms. The van der Waals surface area contributed by atoms with Gasteiger partial charge in [-0.25, -0.2) is 0 Å². The van der Waals surface area contributed by atoms with Gasteiger partial charge in [0.1, 0.15) is 0 Å². The zero-order chi connectivity index (χ0) is 34.4. The molecule has 0 heterocycles. The van der Waals surface area contributed by atoms with Crippen LogP contribution in [0.25, 0.3) is 0 Å². The minimum atomic E-state index is 1.00. The number of rotatable bonds is 2. The van der Waals surface area contributed by atoms with Gasteiger partial charge in [0.05, 0.1) is 0 Å². The second kappa shape index (κ2) is 31.9. The highest BCUT2D eigenvalue weighted by atomic mass is 14.4. The first-order valence-corrected chi connectivity index (χ1v) is 23.1. The molecular formula is C47H94. The van der Waals surface area contributed by atoms with E-state index >= 15 is 0 Å². The Hall–Kier alpha value is 0. The first kappa shape index (κ1) is 45.0. The topological polar surface area (TPSA) is 0 Å². The van der Waals surface area contributed by atoms with E-state index in [1.54, 1.807) is 44.9 Å². The van der Waals surface area contributed by atoms with Crippen molar-refractivity contribution in [3.8, 4) is 0 Å². The molecular weight excluding hydrogens is 565 g/mol. The van der Waals surface area contributed by atoms with Crippen molar-refractivity contribution in [2.45, 2.75) is 260 Å². The maximum Gasteiger partial charge on any atom is -0.0383 e. The van der Waals surface area contributed by atoms with Gasteiger partial charge in [-0.15, -0.1) is 0 Å². The monoisotopic (exact) mass is 659 g/mol. The van der Waals surface area contributed by atoms with E-state index in [1.165, 1.54) is 167 Å². The summed E-state index contributed by atoms with van der Waals surface area (Å²) >= 11 is 0. The molecule has 2 atom stereocenters. The SMILES string of the molecule is CC.CC.CC1CCCC(C2CCCCCC(C3CCCCCCC3)C2)CCC1.CC1CCCCCCC1.CC1CCCCCCC1.